The molecular weight excluding hydrogens is 424 g/mol. The molecule has 0 saturated heterocycles. The third-order valence-electron chi connectivity index (χ3n) is 11.8. The van der Waals surface area contributed by atoms with Crippen LogP contribution in [0, 0.1) is 39.4 Å². The van der Waals surface area contributed by atoms with Gasteiger partial charge in [-0.15, -0.1) is 0 Å². The minimum absolute atomic E-state index is 0.0116. The Hall–Kier alpha value is -1.42. The van der Waals surface area contributed by atoms with Gasteiger partial charge >= 0.3 is 5.97 Å². The summed E-state index contributed by atoms with van der Waals surface area (Å²) in [5.74, 6) is -0.00260. The van der Waals surface area contributed by atoms with Crippen LogP contribution in [0.2, 0.25) is 0 Å². The number of aliphatic carboxylic acids is 1. The number of aliphatic hydroxyl groups is 1. The molecule has 0 bridgehead atoms. The number of rotatable bonds is 6. The van der Waals surface area contributed by atoms with E-state index in [0.29, 0.717) is 23.8 Å². The van der Waals surface area contributed by atoms with Gasteiger partial charge in [0.05, 0.1) is 6.10 Å². The van der Waals surface area contributed by atoms with Crippen LogP contribution < -0.4 is 0 Å². The SMILES string of the molecule is C/C(=C/CCC(C=O)C1CCC2(C)C3=C(CCC12C)C1(C)CCC(O)C(C)(C)C1CC3)C(=O)O. The maximum Gasteiger partial charge on any atom is 0.330 e. The number of hydrogen-bond donors (Lipinski definition) is 2. The molecule has 0 spiro atoms. The minimum Gasteiger partial charge on any atom is -0.478 e. The lowest BCUT2D eigenvalue weighted by atomic mass is 9.43. The van der Waals surface area contributed by atoms with Gasteiger partial charge in [-0.2, -0.15) is 0 Å². The van der Waals surface area contributed by atoms with Crippen molar-refractivity contribution in [2.45, 2.75) is 112 Å². The van der Waals surface area contributed by atoms with Crippen molar-refractivity contribution in [3.63, 3.8) is 0 Å². The van der Waals surface area contributed by atoms with Crippen molar-refractivity contribution in [1.29, 1.82) is 0 Å². The number of carboxylic acid groups (broad SMARTS) is 1. The zero-order valence-corrected chi connectivity index (χ0v) is 22.2. The molecule has 0 amide bonds. The Morgan fingerprint density at radius 2 is 1.74 bits per heavy atom. The summed E-state index contributed by atoms with van der Waals surface area (Å²) in [5.41, 5.74) is 4.14. The van der Waals surface area contributed by atoms with E-state index in [9.17, 15) is 14.7 Å². The van der Waals surface area contributed by atoms with Crippen molar-refractivity contribution in [3.8, 4) is 0 Å². The Balaban J connectivity index is 1.63. The van der Waals surface area contributed by atoms with E-state index < -0.39 is 5.97 Å². The van der Waals surface area contributed by atoms with Gasteiger partial charge in [0.25, 0.3) is 0 Å². The predicted octanol–water partition coefficient (Wildman–Crippen LogP) is 6.72. The first-order chi connectivity index (χ1) is 15.8. The molecule has 0 aromatic heterocycles. The van der Waals surface area contributed by atoms with E-state index in [1.165, 1.54) is 6.29 Å². The number of carbonyl (C=O) groups is 2. The first kappa shape index (κ1) is 25.7. The summed E-state index contributed by atoms with van der Waals surface area (Å²) in [4.78, 5) is 23.4. The van der Waals surface area contributed by atoms with Crippen LogP contribution >= 0.6 is 0 Å². The van der Waals surface area contributed by atoms with Crippen LogP contribution in [-0.4, -0.2) is 28.6 Å². The Morgan fingerprint density at radius 3 is 2.38 bits per heavy atom. The molecule has 190 valence electrons. The monoisotopic (exact) mass is 470 g/mol. The van der Waals surface area contributed by atoms with Crippen molar-refractivity contribution in [2.75, 3.05) is 0 Å². The highest BCUT2D eigenvalue weighted by Gasteiger charge is 2.63. The molecule has 0 radical (unpaired) electrons. The fourth-order valence-electron chi connectivity index (χ4n) is 9.35. The summed E-state index contributed by atoms with van der Waals surface area (Å²) in [6, 6.07) is 0. The van der Waals surface area contributed by atoms with Crippen LogP contribution in [0.3, 0.4) is 0 Å². The van der Waals surface area contributed by atoms with Crippen molar-refractivity contribution >= 4 is 12.3 Å². The number of allylic oxidation sites excluding steroid dienone is 3. The molecule has 4 aliphatic carbocycles. The molecule has 0 aromatic carbocycles. The molecule has 34 heavy (non-hydrogen) atoms. The average molecular weight is 471 g/mol. The molecule has 2 fully saturated rings. The summed E-state index contributed by atoms with van der Waals surface area (Å²) in [7, 11) is 0. The van der Waals surface area contributed by atoms with Gasteiger partial charge in [0, 0.05) is 11.5 Å². The largest absolute Gasteiger partial charge is 0.478 e. The third-order valence-corrected chi connectivity index (χ3v) is 11.8. The Bertz CT molecular complexity index is 913. The first-order valence-electron chi connectivity index (χ1n) is 13.6. The fourth-order valence-corrected chi connectivity index (χ4v) is 9.35. The number of aliphatic hydroxyl groups excluding tert-OH is 1. The molecule has 4 nitrogen and oxygen atoms in total. The van der Waals surface area contributed by atoms with Crippen LogP contribution in [0.25, 0.3) is 0 Å². The third kappa shape index (κ3) is 3.57. The van der Waals surface area contributed by atoms with Crippen molar-refractivity contribution in [1.82, 2.24) is 0 Å². The van der Waals surface area contributed by atoms with E-state index in [0.717, 1.165) is 57.8 Å². The molecule has 2 N–H and O–H groups in total. The highest BCUT2D eigenvalue weighted by atomic mass is 16.4. The Labute approximate surface area is 206 Å². The van der Waals surface area contributed by atoms with Gasteiger partial charge < -0.3 is 15.0 Å². The van der Waals surface area contributed by atoms with Crippen LogP contribution in [0.1, 0.15) is 106 Å². The van der Waals surface area contributed by atoms with Gasteiger partial charge in [0.2, 0.25) is 0 Å². The Morgan fingerprint density at radius 1 is 1.03 bits per heavy atom. The van der Waals surface area contributed by atoms with Gasteiger partial charge in [-0.3, -0.25) is 0 Å². The lowest BCUT2D eigenvalue weighted by Gasteiger charge is -2.62. The van der Waals surface area contributed by atoms with Gasteiger partial charge in [-0.1, -0.05) is 51.8 Å². The maximum absolute atomic E-state index is 12.3. The quantitative estimate of drug-likeness (QED) is 0.257. The van der Waals surface area contributed by atoms with E-state index in [1.807, 2.05) is 0 Å². The number of carbonyl (C=O) groups excluding carboxylic acids is 1. The topological polar surface area (TPSA) is 74.6 Å². The molecule has 0 aromatic rings. The molecule has 0 heterocycles. The summed E-state index contributed by atoms with van der Waals surface area (Å²) in [6.07, 6.45) is 12.9. The van der Waals surface area contributed by atoms with Gasteiger partial charge in [0.1, 0.15) is 6.29 Å². The molecule has 7 atom stereocenters. The lowest BCUT2D eigenvalue weighted by molar-refractivity contribution is -0.132. The Kier molecular flexibility index (Phi) is 6.50. The van der Waals surface area contributed by atoms with Crippen LogP contribution in [-0.2, 0) is 9.59 Å². The number of fused-ring (bicyclic) bond motifs is 4. The molecule has 7 unspecified atom stereocenters. The van der Waals surface area contributed by atoms with Gasteiger partial charge in [-0.25, -0.2) is 4.79 Å². The minimum atomic E-state index is -0.877. The maximum atomic E-state index is 12.3. The summed E-state index contributed by atoms with van der Waals surface area (Å²) >= 11 is 0. The van der Waals surface area contributed by atoms with Crippen LogP contribution in [0.15, 0.2) is 22.8 Å². The molecule has 4 heteroatoms. The number of aldehydes is 1. The smallest absolute Gasteiger partial charge is 0.330 e. The second-order valence-corrected chi connectivity index (χ2v) is 13.3. The highest BCUT2D eigenvalue weighted by Crippen LogP contribution is 2.72. The highest BCUT2D eigenvalue weighted by molar-refractivity contribution is 5.85. The molecule has 4 aliphatic rings. The lowest BCUT2D eigenvalue weighted by Crippen LogP contribution is -2.55. The zero-order chi connectivity index (χ0) is 25.1. The van der Waals surface area contributed by atoms with E-state index in [-0.39, 0.29) is 33.7 Å². The second-order valence-electron chi connectivity index (χ2n) is 13.3. The van der Waals surface area contributed by atoms with Crippen molar-refractivity contribution < 1.29 is 19.8 Å². The van der Waals surface area contributed by atoms with Crippen molar-refractivity contribution in [3.05, 3.63) is 22.8 Å². The molecule has 2 saturated carbocycles. The van der Waals surface area contributed by atoms with E-state index in [1.54, 1.807) is 24.1 Å². The molecule has 0 aliphatic heterocycles. The summed E-state index contributed by atoms with van der Waals surface area (Å²) < 4.78 is 0. The summed E-state index contributed by atoms with van der Waals surface area (Å²) in [6.45, 7) is 13.6. The normalized spacial score (nSPS) is 42.4. The average Bonchev–Trinajstić information content (AvgIpc) is 3.05. The number of hydrogen-bond acceptors (Lipinski definition) is 3. The molecule has 4 rings (SSSR count). The summed E-state index contributed by atoms with van der Waals surface area (Å²) in [5, 5.41) is 19.9. The number of carboxylic acids is 1. The standard InChI is InChI=1S/C30H46O4/c1-19(26(33)34)8-7-9-20(18-31)21-12-16-30(6)23-10-11-24-27(2,3)25(32)14-15-28(24,4)22(23)13-17-29(21,30)5/h8,18,20-21,24-25,32H,7,9-17H2,1-6H3,(H,33,34)/b19-8-. The first-order valence-corrected chi connectivity index (χ1v) is 13.6. The van der Waals surface area contributed by atoms with Gasteiger partial charge in [-0.05, 0) is 105 Å². The van der Waals surface area contributed by atoms with E-state index in [2.05, 4.69) is 34.6 Å². The van der Waals surface area contributed by atoms with Crippen LogP contribution in [0.4, 0.5) is 0 Å². The fraction of sp³-hybridized carbons (Fsp3) is 0.800. The van der Waals surface area contributed by atoms with Gasteiger partial charge in [0.15, 0.2) is 0 Å². The van der Waals surface area contributed by atoms with E-state index >= 15 is 0 Å². The molecular formula is C30H46O4. The second kappa shape index (κ2) is 8.61. The zero-order valence-electron chi connectivity index (χ0n) is 22.2. The van der Waals surface area contributed by atoms with E-state index in [4.69, 9.17) is 5.11 Å². The predicted molar refractivity (Wildman–Crippen MR) is 135 cm³/mol. The van der Waals surface area contributed by atoms with Crippen LogP contribution in [0.5, 0.6) is 0 Å². The van der Waals surface area contributed by atoms with Crippen molar-refractivity contribution in [2.24, 2.45) is 39.4 Å².